The fourth-order valence-corrected chi connectivity index (χ4v) is 3.61. The molecule has 2 aliphatic heterocycles. The highest BCUT2D eigenvalue weighted by atomic mass is 79.9. The minimum atomic E-state index is -0.574. The maximum Gasteiger partial charge on any atom is 0.340 e. The van der Waals surface area contributed by atoms with Crippen LogP contribution in [0.2, 0.25) is 0 Å². The van der Waals surface area contributed by atoms with Crippen molar-refractivity contribution in [2.45, 2.75) is 12.5 Å². The average molecular weight is 388 g/mol. The van der Waals surface area contributed by atoms with Crippen LogP contribution >= 0.6 is 15.9 Å². The Hall–Kier alpha value is -2.18. The van der Waals surface area contributed by atoms with Crippen LogP contribution in [0.1, 0.15) is 44.3 Å². The van der Waals surface area contributed by atoms with E-state index in [1.54, 1.807) is 12.1 Å². The summed E-state index contributed by atoms with van der Waals surface area (Å²) in [6.07, 6.45) is -1.15. The Balaban J connectivity index is 1.75. The normalized spacial score (nSPS) is 21.4. The molecule has 0 N–H and O–H groups in total. The van der Waals surface area contributed by atoms with Gasteiger partial charge in [-0.3, -0.25) is 0 Å². The summed E-state index contributed by atoms with van der Waals surface area (Å²) < 4.78 is 11.2. The molecule has 2 aromatic carbocycles. The number of halogens is 1. The third kappa shape index (κ3) is 2.34. The average Bonchev–Trinajstić information content (AvgIpc) is 3.12. The molecular formula is C18H14BrNO4. The summed E-state index contributed by atoms with van der Waals surface area (Å²) >= 11 is 3.43. The zero-order valence-electron chi connectivity index (χ0n) is 12.6. The van der Waals surface area contributed by atoms with Crippen LogP contribution in [0, 0.1) is 0 Å². The maximum absolute atomic E-state index is 12.1. The Morgan fingerprint density at radius 3 is 1.75 bits per heavy atom. The lowest BCUT2D eigenvalue weighted by molar-refractivity contribution is -0.104. The third-order valence-corrected chi connectivity index (χ3v) is 4.63. The summed E-state index contributed by atoms with van der Waals surface area (Å²) in [7, 11) is 0. The van der Waals surface area contributed by atoms with E-state index in [4.69, 9.17) is 9.47 Å². The Bertz CT molecular complexity index is 757. The molecule has 0 aromatic heterocycles. The molecule has 6 heteroatoms. The minimum absolute atomic E-state index is 0.354. The van der Waals surface area contributed by atoms with Gasteiger partial charge in [0.25, 0.3) is 0 Å². The van der Waals surface area contributed by atoms with Crippen molar-refractivity contribution in [2.24, 2.45) is 0 Å². The van der Waals surface area contributed by atoms with Crippen molar-refractivity contribution in [1.82, 2.24) is 4.90 Å². The van der Waals surface area contributed by atoms with Crippen LogP contribution in [0.5, 0.6) is 0 Å². The van der Waals surface area contributed by atoms with Crippen LogP contribution < -0.4 is 0 Å². The SMILES string of the molecule is O=C1O[C@H](N(CCBr)[C@H]2OC(=O)c3ccccc32)c2ccccc21. The number of fused-ring (bicyclic) bond motifs is 2. The van der Waals surface area contributed by atoms with Gasteiger partial charge in [0.2, 0.25) is 0 Å². The molecule has 4 rings (SSSR count). The number of carbonyl (C=O) groups is 2. The lowest BCUT2D eigenvalue weighted by atomic mass is 10.1. The lowest BCUT2D eigenvalue weighted by Gasteiger charge is -2.32. The van der Waals surface area contributed by atoms with E-state index in [1.807, 2.05) is 41.3 Å². The van der Waals surface area contributed by atoms with Gasteiger partial charge in [0, 0.05) is 23.0 Å². The molecule has 24 heavy (non-hydrogen) atoms. The summed E-state index contributed by atoms with van der Waals surface area (Å²) in [6, 6.07) is 14.6. The highest BCUT2D eigenvalue weighted by Gasteiger charge is 2.43. The molecule has 0 unspecified atom stereocenters. The molecule has 0 saturated carbocycles. The molecule has 0 amide bonds. The molecule has 0 fully saturated rings. The highest BCUT2D eigenvalue weighted by molar-refractivity contribution is 9.09. The van der Waals surface area contributed by atoms with Crippen molar-refractivity contribution < 1.29 is 19.1 Å². The van der Waals surface area contributed by atoms with Crippen molar-refractivity contribution >= 4 is 27.9 Å². The second-order valence-electron chi connectivity index (χ2n) is 5.62. The van der Waals surface area contributed by atoms with Crippen molar-refractivity contribution in [3.05, 3.63) is 70.8 Å². The first-order chi connectivity index (χ1) is 11.7. The van der Waals surface area contributed by atoms with E-state index in [0.717, 1.165) is 11.1 Å². The van der Waals surface area contributed by atoms with E-state index in [2.05, 4.69) is 15.9 Å². The second kappa shape index (κ2) is 6.03. The molecule has 0 spiro atoms. The number of alkyl halides is 1. The Morgan fingerprint density at radius 1 is 0.833 bits per heavy atom. The number of cyclic esters (lactones) is 2. The predicted octanol–water partition coefficient (Wildman–Crippen LogP) is 3.42. The van der Waals surface area contributed by atoms with Crippen LogP contribution in [0.4, 0.5) is 0 Å². The number of hydrogen-bond acceptors (Lipinski definition) is 5. The van der Waals surface area contributed by atoms with Crippen LogP contribution in [0.3, 0.4) is 0 Å². The Morgan fingerprint density at radius 2 is 1.29 bits per heavy atom. The number of esters is 2. The molecule has 2 heterocycles. The van der Waals surface area contributed by atoms with Crippen LogP contribution in [-0.4, -0.2) is 28.7 Å². The summed E-state index contributed by atoms with van der Waals surface area (Å²) in [5.41, 5.74) is 2.70. The zero-order chi connectivity index (χ0) is 16.7. The molecule has 2 aromatic rings. The van der Waals surface area contributed by atoms with E-state index in [1.165, 1.54) is 0 Å². The van der Waals surface area contributed by atoms with Crippen molar-refractivity contribution in [3.8, 4) is 0 Å². The topological polar surface area (TPSA) is 55.8 Å². The Labute approximate surface area is 147 Å². The van der Waals surface area contributed by atoms with E-state index in [-0.39, 0.29) is 11.9 Å². The molecule has 0 radical (unpaired) electrons. The van der Waals surface area contributed by atoms with Gasteiger partial charge >= 0.3 is 11.9 Å². The standard InChI is InChI=1S/C18H14BrNO4/c19-9-10-20(15-11-5-1-3-7-13(11)17(21)23-15)16-12-6-2-4-8-14(12)18(22)24-16/h1-8,15-16H,9-10H2/t15-,16-/m0/s1. The van der Waals surface area contributed by atoms with Crippen molar-refractivity contribution in [3.63, 3.8) is 0 Å². The molecule has 0 saturated heterocycles. The van der Waals surface area contributed by atoms with E-state index in [0.29, 0.717) is 23.0 Å². The van der Waals surface area contributed by atoms with Gasteiger partial charge in [0.15, 0.2) is 12.5 Å². The molecule has 122 valence electrons. The van der Waals surface area contributed by atoms with Gasteiger partial charge in [-0.25, -0.2) is 14.5 Å². The minimum Gasteiger partial charge on any atom is -0.438 e. The summed E-state index contributed by atoms with van der Waals surface area (Å²) in [5, 5.41) is 0.652. The fourth-order valence-electron chi connectivity index (χ4n) is 3.20. The van der Waals surface area contributed by atoms with Gasteiger partial charge in [-0.15, -0.1) is 0 Å². The van der Waals surface area contributed by atoms with Gasteiger partial charge in [-0.1, -0.05) is 52.3 Å². The zero-order valence-corrected chi connectivity index (χ0v) is 14.2. The van der Waals surface area contributed by atoms with Gasteiger partial charge in [0.05, 0.1) is 11.1 Å². The maximum atomic E-state index is 12.1. The molecule has 0 aliphatic carbocycles. The predicted molar refractivity (Wildman–Crippen MR) is 89.7 cm³/mol. The highest BCUT2D eigenvalue weighted by Crippen LogP contribution is 2.42. The van der Waals surface area contributed by atoms with E-state index in [9.17, 15) is 9.59 Å². The largest absolute Gasteiger partial charge is 0.438 e. The first kappa shape index (κ1) is 15.4. The summed E-state index contributed by atoms with van der Waals surface area (Å²) in [6.45, 7) is 0.554. The number of benzene rings is 2. The number of rotatable bonds is 4. The number of carbonyl (C=O) groups excluding carboxylic acids is 2. The van der Waals surface area contributed by atoms with Gasteiger partial charge in [-0.2, -0.15) is 0 Å². The van der Waals surface area contributed by atoms with Crippen LogP contribution in [0.25, 0.3) is 0 Å². The van der Waals surface area contributed by atoms with E-state index >= 15 is 0 Å². The molecule has 2 aliphatic rings. The number of hydrogen-bond donors (Lipinski definition) is 0. The summed E-state index contributed by atoms with van der Waals surface area (Å²) in [5.74, 6) is -0.708. The number of ether oxygens (including phenoxy) is 2. The monoisotopic (exact) mass is 387 g/mol. The van der Waals surface area contributed by atoms with Crippen molar-refractivity contribution in [2.75, 3.05) is 11.9 Å². The van der Waals surface area contributed by atoms with Crippen molar-refractivity contribution in [1.29, 1.82) is 0 Å². The fraction of sp³-hybridized carbons (Fsp3) is 0.222. The molecule has 5 nitrogen and oxygen atoms in total. The van der Waals surface area contributed by atoms with Gasteiger partial charge in [-0.05, 0) is 12.1 Å². The molecular weight excluding hydrogens is 374 g/mol. The van der Waals surface area contributed by atoms with Gasteiger partial charge in [0.1, 0.15) is 0 Å². The van der Waals surface area contributed by atoms with Crippen LogP contribution in [-0.2, 0) is 9.47 Å². The smallest absolute Gasteiger partial charge is 0.340 e. The lowest BCUT2D eigenvalue weighted by Crippen LogP contribution is -2.34. The second-order valence-corrected chi connectivity index (χ2v) is 6.41. The van der Waals surface area contributed by atoms with Crippen LogP contribution in [0.15, 0.2) is 48.5 Å². The summed E-state index contributed by atoms with van der Waals surface area (Å²) in [4.78, 5) is 26.2. The third-order valence-electron chi connectivity index (χ3n) is 4.28. The molecule has 0 bridgehead atoms. The first-order valence-corrected chi connectivity index (χ1v) is 8.74. The first-order valence-electron chi connectivity index (χ1n) is 7.62. The van der Waals surface area contributed by atoms with Gasteiger partial charge < -0.3 is 9.47 Å². The Kier molecular flexibility index (Phi) is 3.86. The quantitative estimate of drug-likeness (QED) is 0.594. The molecule has 2 atom stereocenters. The van der Waals surface area contributed by atoms with E-state index < -0.39 is 12.5 Å². The number of nitrogens with zero attached hydrogens (tertiary/aromatic N) is 1.